The molecule has 0 spiro atoms. The lowest BCUT2D eigenvalue weighted by molar-refractivity contribution is -0.496. The first-order chi connectivity index (χ1) is 3.63. The van der Waals surface area contributed by atoms with Crippen molar-refractivity contribution in [3.05, 3.63) is 0 Å². The number of hydrogen-bond donors (Lipinski definition) is 0. The van der Waals surface area contributed by atoms with Crippen LogP contribution < -0.4 is 0 Å². The van der Waals surface area contributed by atoms with E-state index in [1.165, 1.54) is 10.1 Å². The zero-order valence-corrected chi connectivity index (χ0v) is 5.71. The quantitative estimate of drug-likeness (QED) is 0.383. The van der Waals surface area contributed by atoms with E-state index in [-0.39, 0.29) is 0 Å². The summed E-state index contributed by atoms with van der Waals surface area (Å²) in [4.78, 5) is 9.12. The van der Waals surface area contributed by atoms with Gasteiger partial charge in [0.1, 0.15) is 0 Å². The lowest BCUT2D eigenvalue weighted by Crippen LogP contribution is -2.20. The first-order valence-corrected chi connectivity index (χ1v) is 2.32. The molecule has 50 valence electrons. The minimum Gasteiger partial charge on any atom is -0.161 e. The Hall–Kier alpha value is -0.160. The van der Waals surface area contributed by atoms with E-state index in [1.807, 2.05) is 0 Å². The highest BCUT2D eigenvalue weighted by Crippen LogP contribution is 1.82. The molecule has 0 aliphatic heterocycles. The fourth-order valence-electron chi connectivity index (χ4n) is 0.133. The second-order valence-corrected chi connectivity index (χ2v) is 1.77. The van der Waals surface area contributed by atoms with Crippen molar-refractivity contribution in [1.29, 1.82) is 0 Å². The summed E-state index contributed by atoms with van der Waals surface area (Å²) in [5.74, 6) is 0. The molecular formula is C4H12N2O2. The zero-order valence-electron chi connectivity index (χ0n) is 5.71. The second kappa shape index (κ2) is 3.80. The van der Waals surface area contributed by atoms with Crippen LogP contribution in [-0.4, -0.2) is 38.3 Å². The average molecular weight is 120 g/mol. The first kappa shape index (κ1) is 7.84. The zero-order chi connectivity index (χ0) is 6.57. The van der Waals surface area contributed by atoms with Crippen LogP contribution in [0.4, 0.5) is 0 Å². The van der Waals surface area contributed by atoms with Crippen LogP contribution in [0, 0.1) is 0 Å². The molecule has 0 rings (SSSR count). The standard InChI is InChI=1S/C4H12N2O2/c1-5(2)7-8-6(3)4/h1-4H3. The van der Waals surface area contributed by atoms with Gasteiger partial charge in [0.2, 0.25) is 0 Å². The van der Waals surface area contributed by atoms with Crippen molar-refractivity contribution in [2.75, 3.05) is 28.2 Å². The molecule has 0 radical (unpaired) electrons. The molecule has 0 fully saturated rings. The van der Waals surface area contributed by atoms with Crippen molar-refractivity contribution >= 4 is 0 Å². The van der Waals surface area contributed by atoms with Crippen LogP contribution in [0.1, 0.15) is 0 Å². The molecule has 0 saturated heterocycles. The molecule has 0 aromatic carbocycles. The molecule has 0 amide bonds. The summed E-state index contributed by atoms with van der Waals surface area (Å²) in [6.45, 7) is 0. The van der Waals surface area contributed by atoms with Crippen LogP contribution in [0.5, 0.6) is 0 Å². The van der Waals surface area contributed by atoms with Gasteiger partial charge in [0.15, 0.2) is 0 Å². The van der Waals surface area contributed by atoms with Gasteiger partial charge in [0, 0.05) is 28.2 Å². The molecule has 0 aromatic rings. The lowest BCUT2D eigenvalue weighted by atomic mass is 11.2. The molecule has 0 unspecified atom stereocenters. The first-order valence-electron chi connectivity index (χ1n) is 2.32. The Morgan fingerprint density at radius 3 is 1.12 bits per heavy atom. The van der Waals surface area contributed by atoms with Gasteiger partial charge >= 0.3 is 0 Å². The Kier molecular flexibility index (Phi) is 3.72. The molecule has 4 heteroatoms. The molecule has 0 bridgehead atoms. The summed E-state index contributed by atoms with van der Waals surface area (Å²) in [6, 6.07) is 0. The summed E-state index contributed by atoms with van der Waals surface area (Å²) >= 11 is 0. The predicted molar refractivity (Wildman–Crippen MR) is 29.5 cm³/mol. The van der Waals surface area contributed by atoms with Gasteiger partial charge in [-0.15, -0.1) is 9.98 Å². The molecule has 0 aromatic heterocycles. The average Bonchev–Trinajstić information content (AvgIpc) is 1.61. The van der Waals surface area contributed by atoms with E-state index in [4.69, 9.17) is 0 Å². The van der Waals surface area contributed by atoms with Crippen LogP contribution in [0.25, 0.3) is 0 Å². The van der Waals surface area contributed by atoms with Crippen LogP contribution in [-0.2, 0) is 9.98 Å². The van der Waals surface area contributed by atoms with E-state index < -0.39 is 0 Å². The maximum Gasteiger partial charge on any atom is 0.0154 e. The van der Waals surface area contributed by atoms with Gasteiger partial charge in [-0.2, -0.15) is 10.1 Å². The topological polar surface area (TPSA) is 24.9 Å². The van der Waals surface area contributed by atoms with Gasteiger partial charge in [0.25, 0.3) is 0 Å². The summed E-state index contributed by atoms with van der Waals surface area (Å²) in [7, 11) is 6.96. The second-order valence-electron chi connectivity index (χ2n) is 1.77. The van der Waals surface area contributed by atoms with Gasteiger partial charge in [-0.1, -0.05) is 0 Å². The highest BCUT2D eigenvalue weighted by Gasteiger charge is 1.90. The van der Waals surface area contributed by atoms with Crippen LogP contribution >= 0.6 is 0 Å². The SMILES string of the molecule is CN(C)OON(C)C. The molecule has 0 aliphatic rings. The lowest BCUT2D eigenvalue weighted by Gasteiger charge is -2.11. The molecule has 8 heavy (non-hydrogen) atoms. The largest absolute Gasteiger partial charge is 0.161 e. The Balaban J connectivity index is 2.93. The Morgan fingerprint density at radius 2 is 1.00 bits per heavy atom. The summed E-state index contributed by atoms with van der Waals surface area (Å²) < 4.78 is 0. The molecule has 0 aliphatic carbocycles. The third-order valence-electron chi connectivity index (χ3n) is 0.331. The number of nitrogens with zero attached hydrogens (tertiary/aromatic N) is 2. The summed E-state index contributed by atoms with van der Waals surface area (Å²) in [5, 5.41) is 2.92. The number of hydroxylamine groups is 4. The van der Waals surface area contributed by atoms with Crippen LogP contribution in [0.15, 0.2) is 0 Å². The fraction of sp³-hybridized carbons (Fsp3) is 1.00. The van der Waals surface area contributed by atoms with Gasteiger partial charge in [-0.25, -0.2) is 0 Å². The summed E-state index contributed by atoms with van der Waals surface area (Å²) in [5.41, 5.74) is 0. The van der Waals surface area contributed by atoms with Crippen molar-refractivity contribution in [3.8, 4) is 0 Å². The van der Waals surface area contributed by atoms with E-state index in [1.54, 1.807) is 28.2 Å². The van der Waals surface area contributed by atoms with E-state index in [2.05, 4.69) is 9.98 Å². The van der Waals surface area contributed by atoms with Gasteiger partial charge < -0.3 is 0 Å². The molecular weight excluding hydrogens is 108 g/mol. The molecule has 0 saturated carbocycles. The van der Waals surface area contributed by atoms with E-state index >= 15 is 0 Å². The predicted octanol–water partition coefficient (Wildman–Crippen LogP) is -0.112. The van der Waals surface area contributed by atoms with Crippen molar-refractivity contribution in [2.45, 2.75) is 0 Å². The number of hydrogen-bond acceptors (Lipinski definition) is 4. The molecule has 4 nitrogen and oxygen atoms in total. The normalized spacial score (nSPS) is 11.2. The van der Waals surface area contributed by atoms with E-state index in [9.17, 15) is 0 Å². The third kappa shape index (κ3) is 5.84. The highest BCUT2D eigenvalue weighted by molar-refractivity contribution is 3.99. The maximum atomic E-state index is 4.56. The van der Waals surface area contributed by atoms with Crippen molar-refractivity contribution < 1.29 is 9.98 Å². The molecule has 0 atom stereocenters. The fourth-order valence-corrected chi connectivity index (χ4v) is 0.133. The molecule has 0 N–H and O–H groups in total. The summed E-state index contributed by atoms with van der Waals surface area (Å²) in [6.07, 6.45) is 0. The Labute approximate surface area is 49.4 Å². The monoisotopic (exact) mass is 120 g/mol. The van der Waals surface area contributed by atoms with Crippen LogP contribution in [0.3, 0.4) is 0 Å². The Bertz CT molecular complexity index is 48.0. The van der Waals surface area contributed by atoms with Crippen molar-refractivity contribution in [1.82, 2.24) is 10.1 Å². The highest BCUT2D eigenvalue weighted by atomic mass is 17.3. The Morgan fingerprint density at radius 1 is 0.750 bits per heavy atom. The van der Waals surface area contributed by atoms with Crippen molar-refractivity contribution in [3.63, 3.8) is 0 Å². The minimum absolute atomic E-state index is 1.46. The minimum atomic E-state index is 1.46. The van der Waals surface area contributed by atoms with Crippen LogP contribution in [0.2, 0.25) is 0 Å². The van der Waals surface area contributed by atoms with E-state index in [0.29, 0.717) is 0 Å². The van der Waals surface area contributed by atoms with Gasteiger partial charge in [-0.3, -0.25) is 0 Å². The molecule has 0 heterocycles. The van der Waals surface area contributed by atoms with Gasteiger partial charge in [0.05, 0.1) is 0 Å². The van der Waals surface area contributed by atoms with Gasteiger partial charge in [-0.05, 0) is 0 Å². The third-order valence-corrected chi connectivity index (χ3v) is 0.331. The maximum absolute atomic E-state index is 4.56. The van der Waals surface area contributed by atoms with Crippen molar-refractivity contribution in [2.24, 2.45) is 0 Å². The number of rotatable bonds is 3. The smallest absolute Gasteiger partial charge is 0.0154 e. The van der Waals surface area contributed by atoms with E-state index in [0.717, 1.165) is 0 Å².